The van der Waals surface area contributed by atoms with Gasteiger partial charge in [0.05, 0.1) is 23.6 Å². The Morgan fingerprint density at radius 1 is 1.21 bits per heavy atom. The quantitative estimate of drug-likeness (QED) is 0.495. The normalized spacial score (nSPS) is 11.2. The second-order valence-electron chi connectivity index (χ2n) is 5.70. The Morgan fingerprint density at radius 3 is 2.54 bits per heavy atom. The van der Waals surface area contributed by atoms with E-state index in [0.717, 1.165) is 10.0 Å². The fraction of sp³-hybridized carbons (Fsp3) is 0.263. The highest BCUT2D eigenvalue weighted by atomic mass is 32.2. The van der Waals surface area contributed by atoms with Crippen molar-refractivity contribution in [2.45, 2.75) is 10.6 Å². The summed E-state index contributed by atoms with van der Waals surface area (Å²) in [6.45, 7) is 0.463. The molecule has 0 atom stereocenters. The molecule has 0 radical (unpaired) electrons. The maximum absolute atomic E-state index is 12.2. The summed E-state index contributed by atoms with van der Waals surface area (Å²) in [5.41, 5.74) is 2.01. The number of amides is 1. The number of rotatable bonds is 9. The van der Waals surface area contributed by atoms with E-state index in [1.807, 2.05) is 18.2 Å². The molecule has 0 aliphatic rings. The van der Waals surface area contributed by atoms with Crippen molar-refractivity contribution in [1.82, 2.24) is 9.79 Å². The van der Waals surface area contributed by atoms with Gasteiger partial charge in [-0.05, 0) is 35.9 Å². The number of sulfonamides is 1. The summed E-state index contributed by atoms with van der Waals surface area (Å²) < 4.78 is 25.0. The molecule has 1 amide bonds. The van der Waals surface area contributed by atoms with Crippen LogP contribution in [0.4, 0.5) is 0 Å². The number of hydrogen-bond donors (Lipinski definition) is 1. The number of thioether (sulfide) groups is 1. The van der Waals surface area contributed by atoms with E-state index in [9.17, 15) is 13.2 Å². The number of carbonyl (C=O) groups excluding carboxylic acids is 1. The van der Waals surface area contributed by atoms with Crippen LogP contribution in [0.1, 0.15) is 21.5 Å². The highest BCUT2D eigenvalue weighted by Crippen LogP contribution is 2.16. The van der Waals surface area contributed by atoms with Crippen LogP contribution < -0.4 is 5.32 Å². The van der Waals surface area contributed by atoms with E-state index in [-0.39, 0.29) is 10.8 Å². The SMILES string of the molecule is CON(C)S(=O)(=O)c1ccc(C(=O)NCCSCc2ccccc2C#N)cc1. The first-order valence-corrected chi connectivity index (χ1v) is 11.0. The number of benzene rings is 2. The predicted molar refractivity (Wildman–Crippen MR) is 108 cm³/mol. The summed E-state index contributed by atoms with van der Waals surface area (Å²) >= 11 is 1.62. The lowest BCUT2D eigenvalue weighted by Crippen LogP contribution is -2.27. The molecule has 148 valence electrons. The van der Waals surface area contributed by atoms with Gasteiger partial charge in [0.25, 0.3) is 15.9 Å². The van der Waals surface area contributed by atoms with Gasteiger partial charge < -0.3 is 5.32 Å². The second-order valence-corrected chi connectivity index (χ2v) is 8.74. The molecule has 0 aliphatic heterocycles. The Kier molecular flexibility index (Phi) is 8.02. The molecule has 0 aliphatic carbocycles. The minimum Gasteiger partial charge on any atom is -0.351 e. The molecule has 9 heteroatoms. The summed E-state index contributed by atoms with van der Waals surface area (Å²) in [7, 11) is -1.18. The number of hydrogen-bond acceptors (Lipinski definition) is 6. The molecule has 2 rings (SSSR count). The van der Waals surface area contributed by atoms with Crippen LogP contribution >= 0.6 is 11.8 Å². The number of nitrogens with one attached hydrogen (secondary N) is 1. The molecular formula is C19H21N3O4S2. The number of nitrogens with zero attached hydrogens (tertiary/aromatic N) is 2. The van der Waals surface area contributed by atoms with Crippen molar-refractivity contribution in [3.05, 3.63) is 65.2 Å². The first-order chi connectivity index (χ1) is 13.4. The molecule has 2 aromatic carbocycles. The predicted octanol–water partition coefficient (Wildman–Crippen LogP) is 2.40. The minimum absolute atomic E-state index is 0.0418. The molecule has 0 bridgehead atoms. The van der Waals surface area contributed by atoms with E-state index in [2.05, 4.69) is 11.4 Å². The van der Waals surface area contributed by atoms with E-state index in [0.29, 0.717) is 29.2 Å². The Balaban J connectivity index is 1.83. The highest BCUT2D eigenvalue weighted by molar-refractivity contribution is 7.98. The van der Waals surface area contributed by atoms with Gasteiger partial charge in [-0.2, -0.15) is 17.0 Å². The summed E-state index contributed by atoms with van der Waals surface area (Å²) in [6.07, 6.45) is 0. The van der Waals surface area contributed by atoms with Crippen molar-refractivity contribution in [3.8, 4) is 6.07 Å². The Hall–Kier alpha value is -2.38. The van der Waals surface area contributed by atoms with Crippen molar-refractivity contribution in [3.63, 3.8) is 0 Å². The van der Waals surface area contributed by atoms with E-state index in [1.54, 1.807) is 17.8 Å². The van der Waals surface area contributed by atoms with E-state index in [1.165, 1.54) is 38.4 Å². The zero-order valence-electron chi connectivity index (χ0n) is 15.6. The number of nitriles is 1. The zero-order chi connectivity index (χ0) is 20.6. The van der Waals surface area contributed by atoms with Gasteiger partial charge in [-0.3, -0.25) is 9.63 Å². The third-order valence-electron chi connectivity index (χ3n) is 3.94. The third kappa shape index (κ3) is 5.56. The molecule has 0 saturated heterocycles. The summed E-state index contributed by atoms with van der Waals surface area (Å²) in [4.78, 5) is 16.9. The van der Waals surface area contributed by atoms with Crippen LogP contribution in [-0.2, 0) is 20.6 Å². The Morgan fingerprint density at radius 2 is 1.89 bits per heavy atom. The highest BCUT2D eigenvalue weighted by Gasteiger charge is 2.20. The summed E-state index contributed by atoms with van der Waals surface area (Å²) in [6, 6.07) is 15.2. The largest absolute Gasteiger partial charge is 0.351 e. The zero-order valence-corrected chi connectivity index (χ0v) is 17.2. The lowest BCUT2D eigenvalue weighted by molar-refractivity contribution is -0.0258. The summed E-state index contributed by atoms with van der Waals surface area (Å²) in [5.74, 6) is 1.11. The van der Waals surface area contributed by atoms with E-state index in [4.69, 9.17) is 10.1 Å². The molecule has 0 saturated carbocycles. The van der Waals surface area contributed by atoms with Crippen molar-refractivity contribution < 1.29 is 18.0 Å². The lowest BCUT2D eigenvalue weighted by Gasteiger charge is -2.14. The third-order valence-corrected chi connectivity index (χ3v) is 6.64. The average Bonchev–Trinajstić information content (AvgIpc) is 2.73. The van der Waals surface area contributed by atoms with Crippen molar-refractivity contribution in [1.29, 1.82) is 5.26 Å². The molecule has 7 nitrogen and oxygen atoms in total. The standard InChI is InChI=1S/C19H21N3O4S2/c1-22(26-2)28(24,25)18-9-7-15(8-10-18)19(23)21-11-12-27-14-17-6-4-3-5-16(17)13-20/h3-10H,11-12,14H2,1-2H3,(H,21,23). The van der Waals surface area contributed by atoms with Gasteiger partial charge >= 0.3 is 0 Å². The Bertz CT molecular complexity index is 954. The van der Waals surface area contributed by atoms with Gasteiger partial charge in [-0.1, -0.05) is 22.7 Å². The smallest absolute Gasteiger partial charge is 0.264 e. The topological polar surface area (TPSA) is 99.5 Å². The number of hydroxylamine groups is 1. The van der Waals surface area contributed by atoms with E-state index >= 15 is 0 Å². The lowest BCUT2D eigenvalue weighted by atomic mass is 10.1. The summed E-state index contributed by atoms with van der Waals surface area (Å²) in [5, 5.41) is 11.9. The van der Waals surface area contributed by atoms with Crippen LogP contribution in [0.15, 0.2) is 53.4 Å². The number of carbonyl (C=O) groups is 1. The average molecular weight is 420 g/mol. The molecule has 2 aromatic rings. The molecular weight excluding hydrogens is 398 g/mol. The second kappa shape index (κ2) is 10.2. The molecule has 1 N–H and O–H groups in total. The molecule has 0 spiro atoms. The minimum atomic E-state index is -3.73. The van der Waals surface area contributed by atoms with Gasteiger partial charge in [-0.25, -0.2) is 8.42 Å². The van der Waals surface area contributed by atoms with Crippen LogP contribution in [-0.4, -0.2) is 45.2 Å². The van der Waals surface area contributed by atoms with Crippen molar-refractivity contribution in [2.24, 2.45) is 0 Å². The molecule has 0 aromatic heterocycles. The molecule has 28 heavy (non-hydrogen) atoms. The molecule has 0 fully saturated rings. The molecule has 0 unspecified atom stereocenters. The van der Waals surface area contributed by atoms with Crippen LogP contribution in [0.25, 0.3) is 0 Å². The Labute approximate surface area is 169 Å². The fourth-order valence-electron chi connectivity index (χ4n) is 2.30. The van der Waals surface area contributed by atoms with Gasteiger partial charge in [0.15, 0.2) is 0 Å². The van der Waals surface area contributed by atoms with Gasteiger partial charge in [-0.15, -0.1) is 0 Å². The van der Waals surface area contributed by atoms with Crippen LogP contribution in [0.5, 0.6) is 0 Å². The monoisotopic (exact) mass is 419 g/mol. The van der Waals surface area contributed by atoms with Crippen molar-refractivity contribution >= 4 is 27.7 Å². The van der Waals surface area contributed by atoms with Crippen LogP contribution in [0.3, 0.4) is 0 Å². The van der Waals surface area contributed by atoms with Gasteiger partial charge in [0, 0.05) is 30.7 Å². The first kappa shape index (κ1) is 21.9. The maximum atomic E-state index is 12.2. The maximum Gasteiger partial charge on any atom is 0.264 e. The van der Waals surface area contributed by atoms with Gasteiger partial charge in [0.1, 0.15) is 0 Å². The first-order valence-electron chi connectivity index (χ1n) is 8.37. The van der Waals surface area contributed by atoms with Crippen molar-refractivity contribution in [2.75, 3.05) is 26.5 Å². The van der Waals surface area contributed by atoms with Crippen LogP contribution in [0, 0.1) is 11.3 Å². The fourth-order valence-corrected chi connectivity index (χ4v) is 4.14. The molecule has 0 heterocycles. The van der Waals surface area contributed by atoms with Crippen LogP contribution in [0.2, 0.25) is 0 Å². The van der Waals surface area contributed by atoms with E-state index < -0.39 is 10.0 Å². The van der Waals surface area contributed by atoms with Gasteiger partial charge in [0.2, 0.25) is 0 Å².